The summed E-state index contributed by atoms with van der Waals surface area (Å²) in [5, 5.41) is 13.5. The number of para-hydroxylation sites is 1. The molecule has 2 N–H and O–H groups in total. The summed E-state index contributed by atoms with van der Waals surface area (Å²) in [4.78, 5) is 58.4. The minimum absolute atomic E-state index is 0.0218. The molecule has 2 aromatic rings. The number of allylic oxidation sites excluding steroid dienone is 1. The summed E-state index contributed by atoms with van der Waals surface area (Å²) in [6, 6.07) is 12.4. The third kappa shape index (κ3) is 6.45. The summed E-state index contributed by atoms with van der Waals surface area (Å²) in [6.45, 7) is 10.7. The number of halogens is 2. The summed E-state index contributed by atoms with van der Waals surface area (Å²) >= 11 is 10.3. The van der Waals surface area contributed by atoms with E-state index in [1.807, 2.05) is 19.1 Å². The van der Waals surface area contributed by atoms with Crippen molar-refractivity contribution in [3.05, 3.63) is 90.0 Å². The molecule has 3 saturated heterocycles. The van der Waals surface area contributed by atoms with Gasteiger partial charge in [0, 0.05) is 17.8 Å². The fourth-order valence-electron chi connectivity index (χ4n) is 7.35. The molecular weight excluding hydrogens is 702 g/mol. The number of nitrogens with zero attached hydrogens (tertiary/aromatic N) is 2. The largest absolute Gasteiger partial charge is 0.455 e. The van der Waals surface area contributed by atoms with Crippen molar-refractivity contribution in [2.45, 2.75) is 67.8 Å². The van der Waals surface area contributed by atoms with Crippen LogP contribution in [0.3, 0.4) is 0 Å². The number of ether oxygens (including phenoxy) is 2. The van der Waals surface area contributed by atoms with Crippen molar-refractivity contribution in [2.75, 3.05) is 24.6 Å². The number of esters is 1. The monoisotopic (exact) mass is 741 g/mol. The van der Waals surface area contributed by atoms with Gasteiger partial charge < -0.3 is 29.7 Å². The lowest BCUT2D eigenvalue weighted by molar-refractivity contribution is -0.160. The normalized spacial score (nSPS) is 26.8. The molecule has 3 heterocycles. The maximum Gasteiger partial charge on any atom is 0.313 e. The molecule has 256 valence electrons. The number of hydrogen-bond donors (Lipinski definition) is 2. The second-order valence-corrected chi connectivity index (χ2v) is 14.1. The van der Waals surface area contributed by atoms with Gasteiger partial charge in [-0.3, -0.25) is 19.2 Å². The first kappa shape index (κ1) is 35.8. The smallest absolute Gasteiger partial charge is 0.313 e. The first-order valence-corrected chi connectivity index (χ1v) is 17.3. The first-order valence-electron chi connectivity index (χ1n) is 16.1. The number of aryl methyl sites for hydroxylation is 1. The Labute approximate surface area is 294 Å². The number of carbonyl (C=O) groups excluding carboxylic acids is 4. The molecule has 0 saturated carbocycles. The van der Waals surface area contributed by atoms with Gasteiger partial charge in [-0.15, -0.1) is 13.2 Å². The minimum atomic E-state index is -1.39. The van der Waals surface area contributed by atoms with Gasteiger partial charge in [-0.2, -0.15) is 0 Å². The second kappa shape index (κ2) is 14.9. The Hall–Kier alpha value is -3.51. The van der Waals surface area contributed by atoms with Gasteiger partial charge in [0.1, 0.15) is 17.7 Å². The van der Waals surface area contributed by atoms with E-state index in [9.17, 15) is 24.3 Å². The number of aliphatic hydroxyl groups is 1. The maximum atomic E-state index is 14.8. The molecule has 2 aromatic carbocycles. The van der Waals surface area contributed by atoms with Crippen molar-refractivity contribution in [3.63, 3.8) is 0 Å². The second-order valence-electron chi connectivity index (χ2n) is 12.6. The third-order valence-electron chi connectivity index (χ3n) is 9.50. The molecule has 5 rings (SSSR count). The Morgan fingerprint density at radius 2 is 1.94 bits per heavy atom. The number of alkyl halides is 1. The summed E-state index contributed by atoms with van der Waals surface area (Å²) < 4.78 is 12.7. The zero-order valence-electron chi connectivity index (χ0n) is 27.0. The highest BCUT2D eigenvalue weighted by atomic mass is 79.9. The number of aliphatic hydroxyl groups excluding tert-OH is 1. The maximum absolute atomic E-state index is 14.8. The van der Waals surface area contributed by atoms with Crippen LogP contribution in [-0.2, 0) is 28.7 Å². The highest BCUT2D eigenvalue weighted by Crippen LogP contribution is 2.61. The summed E-state index contributed by atoms with van der Waals surface area (Å²) in [7, 11) is 0. The van der Waals surface area contributed by atoms with Crippen LogP contribution in [0.1, 0.15) is 43.4 Å². The number of carbonyl (C=O) groups is 4. The molecule has 8 atom stereocenters. The number of hydrogen-bond acceptors (Lipinski definition) is 7. The van der Waals surface area contributed by atoms with Gasteiger partial charge in [-0.05, 0) is 43.9 Å². The fourth-order valence-corrected chi connectivity index (χ4v) is 8.62. The minimum Gasteiger partial charge on any atom is -0.455 e. The summed E-state index contributed by atoms with van der Waals surface area (Å²) in [6.07, 6.45) is 2.64. The summed E-state index contributed by atoms with van der Waals surface area (Å²) in [5.41, 5.74) is 0.502. The van der Waals surface area contributed by atoms with E-state index >= 15 is 0 Å². The van der Waals surface area contributed by atoms with E-state index in [1.165, 1.54) is 9.80 Å². The molecule has 0 radical (unpaired) electrons. The van der Waals surface area contributed by atoms with E-state index in [4.69, 9.17) is 21.1 Å². The Balaban J connectivity index is 1.51. The molecule has 1 spiro atoms. The molecule has 0 aliphatic carbocycles. The van der Waals surface area contributed by atoms with Gasteiger partial charge in [-0.25, -0.2) is 0 Å². The van der Waals surface area contributed by atoms with Crippen LogP contribution >= 0.6 is 27.5 Å². The van der Waals surface area contributed by atoms with E-state index < -0.39 is 66.1 Å². The van der Waals surface area contributed by atoms with E-state index in [0.717, 1.165) is 5.56 Å². The van der Waals surface area contributed by atoms with Gasteiger partial charge in [0.05, 0.1) is 47.8 Å². The van der Waals surface area contributed by atoms with Crippen LogP contribution in [0.25, 0.3) is 0 Å². The van der Waals surface area contributed by atoms with E-state index in [2.05, 4.69) is 34.4 Å². The highest BCUT2D eigenvalue weighted by Gasteiger charge is 2.77. The number of fused-ring (bicyclic) bond motifs is 1. The topological polar surface area (TPSA) is 125 Å². The predicted octanol–water partition coefficient (Wildman–Crippen LogP) is 4.66. The number of amides is 3. The van der Waals surface area contributed by atoms with Crippen LogP contribution in [0.2, 0.25) is 5.02 Å². The van der Waals surface area contributed by atoms with Crippen LogP contribution in [0.5, 0.6) is 0 Å². The van der Waals surface area contributed by atoms with Crippen LogP contribution in [0.15, 0.2) is 73.8 Å². The van der Waals surface area contributed by atoms with E-state index in [0.29, 0.717) is 22.7 Å². The van der Waals surface area contributed by atoms with Crippen LogP contribution < -0.4 is 10.2 Å². The summed E-state index contributed by atoms with van der Waals surface area (Å²) in [5.74, 6) is -3.92. The standard InChI is InChI=1S/C36H41BrClN3O7/c1-5-7-16-27(43)39-19-26(23-13-9-8-10-14-23)47-35(46)28-29-33(44)41(22(4)20-42)32(36(29)18-24(37)31(28)48-36)34(45)40(17-6-2)30-21(3)12-11-15-25(30)38/h5-6,8-15,22,24,26,28-29,31-32,42H,1-2,7,16-20H2,3-4H3,(H,39,43)/t22-,24?,26-,28+,29-,31+,32+,36-/m1/s1. The average molecular weight is 743 g/mol. The van der Waals surface area contributed by atoms with Gasteiger partial charge in [-0.1, -0.05) is 82.1 Å². The predicted molar refractivity (Wildman–Crippen MR) is 186 cm³/mol. The average Bonchev–Trinajstić information content (AvgIpc) is 3.67. The zero-order chi connectivity index (χ0) is 34.7. The Morgan fingerprint density at radius 1 is 1.21 bits per heavy atom. The van der Waals surface area contributed by atoms with Gasteiger partial charge in [0.25, 0.3) is 5.91 Å². The molecule has 48 heavy (non-hydrogen) atoms. The Morgan fingerprint density at radius 3 is 2.58 bits per heavy atom. The van der Waals surface area contributed by atoms with Crippen LogP contribution in [-0.4, -0.2) is 82.0 Å². The van der Waals surface area contributed by atoms with Crippen molar-refractivity contribution in [1.29, 1.82) is 0 Å². The lowest BCUT2D eigenvalue weighted by Gasteiger charge is -2.39. The lowest BCUT2D eigenvalue weighted by Crippen LogP contribution is -2.59. The Bertz CT molecular complexity index is 1550. The van der Waals surface area contributed by atoms with Crippen molar-refractivity contribution in [3.8, 4) is 0 Å². The number of anilines is 1. The number of benzene rings is 2. The first-order chi connectivity index (χ1) is 23.0. The lowest BCUT2D eigenvalue weighted by atomic mass is 9.70. The van der Waals surface area contributed by atoms with Crippen molar-refractivity contribution in [2.24, 2.45) is 11.8 Å². The molecular formula is C36H41BrClN3O7. The molecule has 10 nitrogen and oxygen atoms in total. The van der Waals surface area contributed by atoms with E-state index in [-0.39, 0.29) is 36.7 Å². The van der Waals surface area contributed by atoms with Gasteiger partial charge >= 0.3 is 5.97 Å². The highest BCUT2D eigenvalue weighted by molar-refractivity contribution is 9.09. The molecule has 2 bridgehead atoms. The quantitative estimate of drug-likeness (QED) is 0.164. The molecule has 3 aliphatic heterocycles. The number of rotatable bonds is 14. The van der Waals surface area contributed by atoms with Gasteiger partial charge in [0.15, 0.2) is 0 Å². The van der Waals surface area contributed by atoms with Crippen LogP contribution in [0, 0.1) is 18.8 Å². The molecule has 1 unspecified atom stereocenters. The Kier molecular flexibility index (Phi) is 11.1. The van der Waals surface area contributed by atoms with Crippen molar-refractivity contribution < 1.29 is 33.8 Å². The molecule has 3 fully saturated rings. The zero-order valence-corrected chi connectivity index (χ0v) is 29.4. The van der Waals surface area contributed by atoms with Crippen molar-refractivity contribution >= 4 is 56.9 Å². The van der Waals surface area contributed by atoms with Gasteiger partial charge in [0.2, 0.25) is 11.8 Å². The molecule has 12 heteroatoms. The molecule has 0 aromatic heterocycles. The van der Waals surface area contributed by atoms with Crippen LogP contribution in [0.4, 0.5) is 5.69 Å². The molecule has 3 amide bonds. The number of likely N-dealkylation sites (tertiary alicyclic amines) is 1. The third-order valence-corrected chi connectivity index (χ3v) is 10.6. The van der Waals surface area contributed by atoms with E-state index in [1.54, 1.807) is 55.5 Å². The SMILES string of the molecule is C=CCCC(=O)NC[C@@H](OC(=O)[C@@H]1[C@H]2O[C@@]3(CC2Br)[C@H](C(=O)N(CC=C)c2c(C)cccc2Cl)N([C@H](C)CO)C(=O)[C@@H]13)c1ccccc1. The van der Waals surface area contributed by atoms with Crippen molar-refractivity contribution in [1.82, 2.24) is 10.2 Å². The fraction of sp³-hybridized carbons (Fsp3) is 0.444. The number of nitrogens with one attached hydrogen (secondary N) is 1. The molecule has 3 aliphatic rings.